The molecule has 0 saturated heterocycles. The van der Waals surface area contributed by atoms with Crippen molar-refractivity contribution >= 4 is 11.8 Å². The number of carbonyl (C=O) groups excluding carboxylic acids is 2. The average Bonchev–Trinajstić information content (AvgIpc) is 2.40. The average molecular weight is 248 g/mol. The maximum Gasteiger partial charge on any atom is 0.316 e. The summed E-state index contributed by atoms with van der Waals surface area (Å²) in [6, 6.07) is 8.92. The van der Waals surface area contributed by atoms with Gasteiger partial charge >= 0.3 is 5.97 Å². The molecule has 1 unspecified atom stereocenters. The number of rotatable bonds is 7. The highest BCUT2D eigenvalue weighted by atomic mass is 16.5. The minimum absolute atomic E-state index is 0.137. The second-order valence-electron chi connectivity index (χ2n) is 4.18. The lowest BCUT2D eigenvalue weighted by Crippen LogP contribution is -2.26. The van der Waals surface area contributed by atoms with Gasteiger partial charge in [-0.05, 0) is 13.3 Å². The molecule has 0 aliphatic rings. The van der Waals surface area contributed by atoms with E-state index in [9.17, 15) is 9.59 Å². The lowest BCUT2D eigenvalue weighted by Gasteiger charge is -2.14. The fraction of sp³-hybridized carbons (Fsp3) is 0.467. The third-order valence-electron chi connectivity index (χ3n) is 2.79. The normalized spacial score (nSPS) is 11.9. The Kier molecular flexibility index (Phi) is 6.12. The molecule has 18 heavy (non-hydrogen) atoms. The van der Waals surface area contributed by atoms with Crippen LogP contribution in [0.1, 0.15) is 43.5 Å². The lowest BCUT2D eigenvalue weighted by atomic mass is 9.93. The summed E-state index contributed by atoms with van der Waals surface area (Å²) >= 11 is 0. The molecule has 1 rings (SSSR count). The first-order valence-corrected chi connectivity index (χ1v) is 6.46. The van der Waals surface area contributed by atoms with E-state index in [-0.39, 0.29) is 5.78 Å². The van der Waals surface area contributed by atoms with Crippen LogP contribution in [-0.4, -0.2) is 18.4 Å². The number of ketones is 1. The number of esters is 1. The van der Waals surface area contributed by atoms with E-state index in [1.165, 1.54) is 0 Å². The Labute approximate surface area is 108 Å². The van der Waals surface area contributed by atoms with Gasteiger partial charge in [0.15, 0.2) is 5.78 Å². The molecule has 1 aromatic carbocycles. The molecule has 0 aliphatic heterocycles. The van der Waals surface area contributed by atoms with E-state index < -0.39 is 11.9 Å². The molecule has 0 amide bonds. The quantitative estimate of drug-likeness (QED) is 0.422. The van der Waals surface area contributed by atoms with E-state index in [0.717, 1.165) is 12.8 Å². The van der Waals surface area contributed by atoms with Crippen LogP contribution in [0.3, 0.4) is 0 Å². The van der Waals surface area contributed by atoms with Crippen molar-refractivity contribution in [3.8, 4) is 0 Å². The summed E-state index contributed by atoms with van der Waals surface area (Å²) in [4.78, 5) is 24.1. The van der Waals surface area contributed by atoms with Crippen LogP contribution in [0.2, 0.25) is 0 Å². The maximum atomic E-state index is 12.3. The van der Waals surface area contributed by atoms with E-state index in [4.69, 9.17) is 4.74 Å². The van der Waals surface area contributed by atoms with Crippen molar-refractivity contribution in [1.82, 2.24) is 0 Å². The third kappa shape index (κ3) is 3.99. The summed E-state index contributed by atoms with van der Waals surface area (Å²) in [6.07, 6.45) is 2.36. The zero-order valence-electron chi connectivity index (χ0n) is 11.0. The number of carbonyl (C=O) groups is 2. The Hall–Kier alpha value is -1.64. The van der Waals surface area contributed by atoms with Crippen molar-refractivity contribution < 1.29 is 14.3 Å². The van der Waals surface area contributed by atoms with Crippen molar-refractivity contribution in [2.24, 2.45) is 5.92 Å². The fourth-order valence-electron chi connectivity index (χ4n) is 1.81. The molecule has 3 heteroatoms. The molecule has 0 heterocycles. The van der Waals surface area contributed by atoms with Gasteiger partial charge in [0.2, 0.25) is 0 Å². The number of unbranched alkanes of at least 4 members (excludes halogenated alkanes) is 1. The Morgan fingerprint density at radius 3 is 2.39 bits per heavy atom. The molecule has 0 spiro atoms. The van der Waals surface area contributed by atoms with E-state index in [1.54, 1.807) is 31.2 Å². The molecular weight excluding hydrogens is 228 g/mol. The van der Waals surface area contributed by atoms with Gasteiger partial charge in [0.05, 0.1) is 6.61 Å². The molecule has 98 valence electrons. The van der Waals surface area contributed by atoms with Gasteiger partial charge in [-0.25, -0.2) is 0 Å². The minimum atomic E-state index is -0.660. The standard InChI is InChI=1S/C15H20O3/c1-3-5-11-13(15(17)18-4-2)14(16)12-9-7-6-8-10-12/h6-10,13H,3-5,11H2,1-2H3. The first-order valence-electron chi connectivity index (χ1n) is 6.46. The Morgan fingerprint density at radius 2 is 1.83 bits per heavy atom. The zero-order valence-corrected chi connectivity index (χ0v) is 11.0. The van der Waals surface area contributed by atoms with Crippen LogP contribution in [0.25, 0.3) is 0 Å². The monoisotopic (exact) mass is 248 g/mol. The number of hydrogen-bond donors (Lipinski definition) is 0. The van der Waals surface area contributed by atoms with Gasteiger partial charge in [-0.2, -0.15) is 0 Å². The summed E-state index contributed by atoms with van der Waals surface area (Å²) in [7, 11) is 0. The molecule has 0 N–H and O–H groups in total. The topological polar surface area (TPSA) is 43.4 Å². The number of Topliss-reactive ketones (excluding diaryl/α,β-unsaturated/α-hetero) is 1. The predicted octanol–water partition coefficient (Wildman–Crippen LogP) is 3.24. The summed E-state index contributed by atoms with van der Waals surface area (Å²) in [5.41, 5.74) is 0.576. The Balaban J connectivity index is 2.82. The molecule has 1 atom stereocenters. The van der Waals surface area contributed by atoms with Gasteiger partial charge in [-0.3, -0.25) is 9.59 Å². The molecule has 0 bridgehead atoms. The van der Waals surface area contributed by atoms with Gasteiger partial charge in [-0.1, -0.05) is 50.1 Å². The number of ether oxygens (including phenoxy) is 1. The highest BCUT2D eigenvalue weighted by Gasteiger charge is 2.27. The third-order valence-corrected chi connectivity index (χ3v) is 2.79. The molecule has 0 aromatic heterocycles. The van der Waals surface area contributed by atoms with Gasteiger partial charge in [0, 0.05) is 5.56 Å². The molecule has 3 nitrogen and oxygen atoms in total. The van der Waals surface area contributed by atoms with Crippen LogP contribution in [0.15, 0.2) is 30.3 Å². The molecule has 0 aliphatic carbocycles. The fourth-order valence-corrected chi connectivity index (χ4v) is 1.81. The van der Waals surface area contributed by atoms with Crippen molar-refractivity contribution in [3.63, 3.8) is 0 Å². The van der Waals surface area contributed by atoms with Crippen LogP contribution in [0.4, 0.5) is 0 Å². The SMILES string of the molecule is CCCCC(C(=O)OCC)C(=O)c1ccccc1. The minimum Gasteiger partial charge on any atom is -0.465 e. The lowest BCUT2D eigenvalue weighted by molar-refractivity contribution is -0.146. The highest BCUT2D eigenvalue weighted by molar-refractivity contribution is 6.08. The van der Waals surface area contributed by atoms with E-state index in [0.29, 0.717) is 18.6 Å². The van der Waals surface area contributed by atoms with Crippen LogP contribution < -0.4 is 0 Å². The van der Waals surface area contributed by atoms with E-state index >= 15 is 0 Å². The summed E-state index contributed by atoms with van der Waals surface area (Å²) in [6.45, 7) is 4.10. The second kappa shape index (κ2) is 7.64. The maximum absolute atomic E-state index is 12.3. The van der Waals surface area contributed by atoms with Gasteiger partial charge in [0.1, 0.15) is 5.92 Å². The van der Waals surface area contributed by atoms with Crippen LogP contribution >= 0.6 is 0 Å². The largest absolute Gasteiger partial charge is 0.465 e. The van der Waals surface area contributed by atoms with Crippen LogP contribution in [0.5, 0.6) is 0 Å². The molecule has 0 radical (unpaired) electrons. The second-order valence-corrected chi connectivity index (χ2v) is 4.18. The van der Waals surface area contributed by atoms with Crippen molar-refractivity contribution in [1.29, 1.82) is 0 Å². The van der Waals surface area contributed by atoms with Gasteiger partial charge < -0.3 is 4.74 Å². The van der Waals surface area contributed by atoms with Gasteiger partial charge in [-0.15, -0.1) is 0 Å². The van der Waals surface area contributed by atoms with Crippen molar-refractivity contribution in [3.05, 3.63) is 35.9 Å². The smallest absolute Gasteiger partial charge is 0.316 e. The zero-order chi connectivity index (χ0) is 13.4. The first-order chi connectivity index (χ1) is 8.70. The first kappa shape index (κ1) is 14.4. The number of hydrogen-bond acceptors (Lipinski definition) is 3. The molecule has 0 saturated carbocycles. The molecule has 1 aromatic rings. The van der Waals surface area contributed by atoms with Crippen molar-refractivity contribution in [2.45, 2.75) is 33.1 Å². The predicted molar refractivity (Wildman–Crippen MR) is 70.4 cm³/mol. The van der Waals surface area contributed by atoms with E-state index in [1.807, 2.05) is 13.0 Å². The molecular formula is C15H20O3. The molecule has 0 fully saturated rings. The summed E-state index contributed by atoms with van der Waals surface area (Å²) < 4.78 is 4.98. The number of benzene rings is 1. The Morgan fingerprint density at radius 1 is 1.17 bits per heavy atom. The van der Waals surface area contributed by atoms with E-state index in [2.05, 4.69) is 0 Å². The summed E-state index contributed by atoms with van der Waals surface area (Å²) in [5.74, 6) is -1.20. The highest BCUT2D eigenvalue weighted by Crippen LogP contribution is 2.17. The Bertz CT molecular complexity index is 384. The van der Waals surface area contributed by atoms with Crippen LogP contribution in [0, 0.1) is 5.92 Å². The summed E-state index contributed by atoms with van der Waals surface area (Å²) in [5, 5.41) is 0. The van der Waals surface area contributed by atoms with Crippen LogP contribution in [-0.2, 0) is 9.53 Å². The van der Waals surface area contributed by atoms with Crippen molar-refractivity contribution in [2.75, 3.05) is 6.61 Å². The van der Waals surface area contributed by atoms with Gasteiger partial charge in [0.25, 0.3) is 0 Å².